The van der Waals surface area contributed by atoms with Crippen molar-refractivity contribution >= 4 is 15.9 Å². The van der Waals surface area contributed by atoms with Gasteiger partial charge in [0.1, 0.15) is 0 Å². The van der Waals surface area contributed by atoms with Crippen LogP contribution >= 0.6 is 15.9 Å². The second-order valence-electron chi connectivity index (χ2n) is 3.91. The molecule has 0 fully saturated rings. The minimum atomic E-state index is 0.995. The van der Waals surface area contributed by atoms with Crippen LogP contribution in [0.25, 0.3) is 0 Å². The van der Waals surface area contributed by atoms with Gasteiger partial charge in [-0.1, -0.05) is 52.2 Å². The van der Waals surface area contributed by atoms with E-state index in [2.05, 4.69) is 52.4 Å². The lowest BCUT2D eigenvalue weighted by molar-refractivity contribution is 0.619. The van der Waals surface area contributed by atoms with Gasteiger partial charge in [0.15, 0.2) is 0 Å². The molecule has 15 heavy (non-hydrogen) atoms. The Hall–Kier alpha value is -0.340. The summed E-state index contributed by atoms with van der Waals surface area (Å²) in [6.07, 6.45) is 3.87. The van der Waals surface area contributed by atoms with Crippen molar-refractivity contribution in [3.05, 3.63) is 35.4 Å². The van der Waals surface area contributed by atoms with E-state index in [4.69, 9.17) is 0 Å². The lowest BCUT2D eigenvalue weighted by Gasteiger charge is -2.04. The van der Waals surface area contributed by atoms with Crippen molar-refractivity contribution in [1.29, 1.82) is 0 Å². The van der Waals surface area contributed by atoms with E-state index in [1.54, 1.807) is 0 Å². The molecule has 1 N–H and O–H groups in total. The van der Waals surface area contributed by atoms with E-state index < -0.39 is 0 Å². The quantitative estimate of drug-likeness (QED) is 0.589. The number of alkyl halides is 1. The summed E-state index contributed by atoms with van der Waals surface area (Å²) in [4.78, 5) is 0. The van der Waals surface area contributed by atoms with Gasteiger partial charge >= 0.3 is 0 Å². The summed E-state index contributed by atoms with van der Waals surface area (Å²) in [6.45, 7) is 4.24. The molecule has 0 amide bonds. The summed E-state index contributed by atoms with van der Waals surface area (Å²) in [5, 5.41) is 4.59. The maximum Gasteiger partial charge on any atom is 0.0205 e. The monoisotopic (exact) mass is 269 g/mol. The molecule has 0 aliphatic heterocycles. The number of halogens is 1. The van der Waals surface area contributed by atoms with E-state index in [0.717, 1.165) is 18.4 Å². The Bertz CT molecular complexity index is 256. The highest BCUT2D eigenvalue weighted by atomic mass is 79.9. The predicted molar refractivity (Wildman–Crippen MR) is 70.5 cm³/mol. The standard InChI is InChI=1S/C13H20BrN/c1-12-5-7-13(8-6-12)11-15-10-4-2-3-9-14/h5-8,15H,2-4,9-11H2,1H3. The molecule has 1 nitrogen and oxygen atoms in total. The molecule has 0 aliphatic rings. The highest BCUT2D eigenvalue weighted by Crippen LogP contribution is 2.03. The Balaban J connectivity index is 2.07. The van der Waals surface area contributed by atoms with E-state index in [0.29, 0.717) is 0 Å². The maximum atomic E-state index is 3.46. The average molecular weight is 270 g/mol. The molecule has 1 rings (SSSR count). The largest absolute Gasteiger partial charge is 0.313 e. The first-order valence-corrected chi connectivity index (χ1v) is 6.77. The summed E-state index contributed by atoms with van der Waals surface area (Å²) in [6, 6.07) is 8.73. The molecule has 1 aromatic rings. The molecule has 0 saturated heterocycles. The van der Waals surface area contributed by atoms with Crippen LogP contribution in [0.1, 0.15) is 30.4 Å². The van der Waals surface area contributed by atoms with Crippen LogP contribution in [0.15, 0.2) is 24.3 Å². The summed E-state index contributed by atoms with van der Waals surface area (Å²) in [5.74, 6) is 0. The molecular weight excluding hydrogens is 250 g/mol. The lowest BCUT2D eigenvalue weighted by Crippen LogP contribution is -2.14. The van der Waals surface area contributed by atoms with Crippen molar-refractivity contribution in [3.8, 4) is 0 Å². The Labute approximate surface area is 101 Å². The van der Waals surface area contributed by atoms with Crippen molar-refractivity contribution in [2.24, 2.45) is 0 Å². The van der Waals surface area contributed by atoms with Crippen LogP contribution < -0.4 is 5.32 Å². The summed E-state index contributed by atoms with van der Waals surface area (Å²) in [5.41, 5.74) is 2.71. The number of rotatable bonds is 7. The highest BCUT2D eigenvalue weighted by molar-refractivity contribution is 9.09. The van der Waals surface area contributed by atoms with Crippen molar-refractivity contribution in [3.63, 3.8) is 0 Å². The van der Waals surface area contributed by atoms with E-state index in [1.165, 1.54) is 30.4 Å². The minimum Gasteiger partial charge on any atom is -0.313 e. The van der Waals surface area contributed by atoms with Gasteiger partial charge < -0.3 is 5.32 Å². The Morgan fingerprint density at radius 2 is 1.80 bits per heavy atom. The van der Waals surface area contributed by atoms with Gasteiger partial charge in [0, 0.05) is 11.9 Å². The van der Waals surface area contributed by atoms with Crippen LogP contribution in [-0.4, -0.2) is 11.9 Å². The summed E-state index contributed by atoms with van der Waals surface area (Å²) in [7, 11) is 0. The first-order chi connectivity index (χ1) is 7.33. The van der Waals surface area contributed by atoms with Crippen molar-refractivity contribution in [2.75, 3.05) is 11.9 Å². The molecule has 0 spiro atoms. The van der Waals surface area contributed by atoms with E-state index in [-0.39, 0.29) is 0 Å². The average Bonchev–Trinajstić information content (AvgIpc) is 2.26. The lowest BCUT2D eigenvalue weighted by atomic mass is 10.1. The van der Waals surface area contributed by atoms with Gasteiger partial charge in [-0.25, -0.2) is 0 Å². The summed E-state index contributed by atoms with van der Waals surface area (Å²) < 4.78 is 0. The van der Waals surface area contributed by atoms with Crippen LogP contribution in [0.3, 0.4) is 0 Å². The number of hydrogen-bond acceptors (Lipinski definition) is 1. The molecule has 2 heteroatoms. The van der Waals surface area contributed by atoms with Gasteiger partial charge in [0.05, 0.1) is 0 Å². The number of benzene rings is 1. The molecule has 0 saturated carbocycles. The van der Waals surface area contributed by atoms with Gasteiger partial charge in [-0.05, 0) is 31.9 Å². The fourth-order valence-corrected chi connectivity index (χ4v) is 1.86. The van der Waals surface area contributed by atoms with Crippen LogP contribution in [0.4, 0.5) is 0 Å². The van der Waals surface area contributed by atoms with Crippen LogP contribution in [0, 0.1) is 6.92 Å². The van der Waals surface area contributed by atoms with E-state index in [9.17, 15) is 0 Å². The van der Waals surface area contributed by atoms with Crippen LogP contribution in [0.2, 0.25) is 0 Å². The van der Waals surface area contributed by atoms with Gasteiger partial charge in [-0.3, -0.25) is 0 Å². The predicted octanol–water partition coefficient (Wildman–Crippen LogP) is 3.65. The Kier molecular flexibility index (Phi) is 6.69. The summed E-state index contributed by atoms with van der Waals surface area (Å²) >= 11 is 3.44. The highest BCUT2D eigenvalue weighted by Gasteiger charge is 1.92. The minimum absolute atomic E-state index is 0.995. The molecule has 1 aromatic carbocycles. The van der Waals surface area contributed by atoms with Crippen LogP contribution in [0.5, 0.6) is 0 Å². The normalized spacial score (nSPS) is 10.5. The second-order valence-corrected chi connectivity index (χ2v) is 4.71. The number of nitrogens with one attached hydrogen (secondary N) is 1. The van der Waals surface area contributed by atoms with Crippen molar-refractivity contribution in [1.82, 2.24) is 5.32 Å². The Morgan fingerprint density at radius 3 is 2.47 bits per heavy atom. The number of aryl methyl sites for hydroxylation is 1. The topological polar surface area (TPSA) is 12.0 Å². The molecule has 0 heterocycles. The maximum absolute atomic E-state index is 3.46. The van der Waals surface area contributed by atoms with Gasteiger partial charge in [-0.2, -0.15) is 0 Å². The van der Waals surface area contributed by atoms with E-state index in [1.807, 2.05) is 0 Å². The molecule has 0 aliphatic carbocycles. The fourth-order valence-electron chi connectivity index (χ4n) is 1.46. The fraction of sp³-hybridized carbons (Fsp3) is 0.538. The van der Waals surface area contributed by atoms with Gasteiger partial charge in [-0.15, -0.1) is 0 Å². The number of hydrogen-bond donors (Lipinski definition) is 1. The zero-order valence-corrected chi connectivity index (χ0v) is 11.0. The third-order valence-electron chi connectivity index (χ3n) is 2.44. The smallest absolute Gasteiger partial charge is 0.0205 e. The number of unbranched alkanes of at least 4 members (excludes halogenated alkanes) is 2. The zero-order valence-electron chi connectivity index (χ0n) is 9.43. The van der Waals surface area contributed by atoms with Crippen molar-refractivity contribution in [2.45, 2.75) is 32.7 Å². The van der Waals surface area contributed by atoms with Gasteiger partial charge in [0.2, 0.25) is 0 Å². The molecule has 0 bridgehead atoms. The van der Waals surface area contributed by atoms with Crippen LogP contribution in [-0.2, 0) is 6.54 Å². The third kappa shape index (κ3) is 5.95. The zero-order chi connectivity index (χ0) is 10.9. The first kappa shape index (κ1) is 12.7. The molecule has 0 radical (unpaired) electrons. The molecule has 0 aromatic heterocycles. The third-order valence-corrected chi connectivity index (χ3v) is 3.00. The van der Waals surface area contributed by atoms with Crippen molar-refractivity contribution < 1.29 is 0 Å². The van der Waals surface area contributed by atoms with E-state index >= 15 is 0 Å². The SMILES string of the molecule is Cc1ccc(CNCCCCCBr)cc1. The molecule has 0 unspecified atom stereocenters. The molecular formula is C13H20BrN. The first-order valence-electron chi connectivity index (χ1n) is 5.65. The molecule has 0 atom stereocenters. The molecule has 84 valence electrons. The Morgan fingerprint density at radius 1 is 1.07 bits per heavy atom. The van der Waals surface area contributed by atoms with Gasteiger partial charge in [0.25, 0.3) is 0 Å². The second kappa shape index (κ2) is 7.89.